The van der Waals surface area contributed by atoms with E-state index in [0.29, 0.717) is 17.4 Å². The summed E-state index contributed by atoms with van der Waals surface area (Å²) in [5.74, 6) is 3.31. The molecule has 0 N–H and O–H groups in total. The molecule has 0 fully saturated rings. The van der Waals surface area contributed by atoms with Crippen molar-refractivity contribution in [1.82, 2.24) is 29.1 Å². The van der Waals surface area contributed by atoms with Crippen molar-refractivity contribution in [2.75, 3.05) is 7.11 Å². The molecule has 2 aromatic carbocycles. The summed E-state index contributed by atoms with van der Waals surface area (Å²) in [6.07, 6.45) is 5.70. The average Bonchev–Trinajstić information content (AvgIpc) is 3.46. The Morgan fingerprint density at radius 2 is 1.82 bits per heavy atom. The molecule has 0 saturated heterocycles. The summed E-state index contributed by atoms with van der Waals surface area (Å²) in [6.45, 7) is 4.40. The number of hydrogen-bond donors (Lipinski definition) is 0. The molecule has 166 valence electrons. The standard InChI is InChI=1S/C25H24N6OS/c1-17(2)21-7-4-5-8-22(21)31-23(18-9-11-20(32-3)12-10-18)28-29-25(31)33-16-19-15-30-14-6-13-26-24(30)27-19/h4-15,17H,16H2,1-3H3. The molecule has 0 spiro atoms. The number of hydrogen-bond acceptors (Lipinski definition) is 6. The number of fused-ring (bicyclic) bond motifs is 1. The van der Waals surface area contributed by atoms with Gasteiger partial charge in [-0.05, 0) is 47.9 Å². The number of ether oxygens (including phenoxy) is 1. The van der Waals surface area contributed by atoms with Crippen LogP contribution in [0, 0.1) is 0 Å². The van der Waals surface area contributed by atoms with Crippen LogP contribution in [0.15, 0.2) is 78.3 Å². The smallest absolute Gasteiger partial charge is 0.233 e. The number of aromatic nitrogens is 6. The molecule has 0 unspecified atom stereocenters. The second-order valence-electron chi connectivity index (χ2n) is 7.93. The number of methoxy groups -OCH3 is 1. The van der Waals surface area contributed by atoms with Crippen LogP contribution in [0.25, 0.3) is 22.9 Å². The van der Waals surface area contributed by atoms with E-state index in [9.17, 15) is 0 Å². The number of thioether (sulfide) groups is 1. The van der Waals surface area contributed by atoms with Gasteiger partial charge < -0.3 is 4.74 Å². The number of rotatable bonds is 7. The van der Waals surface area contributed by atoms with Crippen molar-refractivity contribution >= 4 is 17.5 Å². The third-order valence-corrected chi connectivity index (χ3v) is 6.38. The molecule has 0 aliphatic rings. The van der Waals surface area contributed by atoms with Crippen LogP contribution in [-0.4, -0.2) is 36.2 Å². The van der Waals surface area contributed by atoms with E-state index in [1.54, 1.807) is 25.1 Å². The molecule has 3 heterocycles. The highest BCUT2D eigenvalue weighted by Crippen LogP contribution is 2.33. The molecule has 0 saturated carbocycles. The van der Waals surface area contributed by atoms with Gasteiger partial charge in [0.1, 0.15) is 5.75 Å². The molecule has 0 aliphatic heterocycles. The van der Waals surface area contributed by atoms with Gasteiger partial charge in [-0.25, -0.2) is 9.97 Å². The molecule has 0 aliphatic carbocycles. The van der Waals surface area contributed by atoms with Crippen LogP contribution in [0.5, 0.6) is 5.75 Å². The van der Waals surface area contributed by atoms with Gasteiger partial charge in [-0.3, -0.25) is 8.97 Å². The molecular formula is C25H24N6OS. The molecule has 8 heteroatoms. The van der Waals surface area contributed by atoms with Crippen molar-refractivity contribution in [1.29, 1.82) is 0 Å². The average molecular weight is 457 g/mol. The number of imidazole rings is 1. The van der Waals surface area contributed by atoms with E-state index in [-0.39, 0.29) is 0 Å². The van der Waals surface area contributed by atoms with Crippen molar-refractivity contribution in [2.45, 2.75) is 30.7 Å². The first-order valence-electron chi connectivity index (χ1n) is 10.7. The van der Waals surface area contributed by atoms with Gasteiger partial charge >= 0.3 is 0 Å². The van der Waals surface area contributed by atoms with Gasteiger partial charge in [0.05, 0.1) is 18.5 Å². The molecule has 33 heavy (non-hydrogen) atoms. The Labute approximate surface area is 196 Å². The van der Waals surface area contributed by atoms with E-state index in [4.69, 9.17) is 4.74 Å². The Hall–Kier alpha value is -3.65. The zero-order valence-corrected chi connectivity index (χ0v) is 19.5. The quantitative estimate of drug-likeness (QED) is 0.305. The van der Waals surface area contributed by atoms with Crippen molar-refractivity contribution in [3.63, 3.8) is 0 Å². The Kier molecular flexibility index (Phi) is 5.83. The zero-order chi connectivity index (χ0) is 22.8. The van der Waals surface area contributed by atoms with Crippen molar-refractivity contribution in [3.05, 3.63) is 84.4 Å². The van der Waals surface area contributed by atoms with E-state index in [1.165, 1.54) is 5.56 Å². The second kappa shape index (κ2) is 9.07. The first-order chi connectivity index (χ1) is 16.1. The molecule has 0 bridgehead atoms. The van der Waals surface area contributed by atoms with Crippen molar-refractivity contribution in [3.8, 4) is 22.8 Å². The van der Waals surface area contributed by atoms with Gasteiger partial charge in [-0.15, -0.1) is 10.2 Å². The lowest BCUT2D eigenvalue weighted by atomic mass is 10.0. The maximum Gasteiger partial charge on any atom is 0.233 e. The zero-order valence-electron chi connectivity index (χ0n) is 18.7. The molecule has 0 atom stereocenters. The maximum atomic E-state index is 5.33. The minimum Gasteiger partial charge on any atom is -0.497 e. The van der Waals surface area contributed by atoms with Gasteiger partial charge in [0.15, 0.2) is 11.0 Å². The predicted octanol–water partition coefficient (Wildman–Crippen LogP) is 5.40. The summed E-state index contributed by atoms with van der Waals surface area (Å²) in [6, 6.07) is 18.2. The van der Waals surface area contributed by atoms with Crippen molar-refractivity contribution in [2.24, 2.45) is 0 Å². The van der Waals surface area contributed by atoms with Crippen molar-refractivity contribution < 1.29 is 4.74 Å². The fourth-order valence-corrected chi connectivity index (χ4v) is 4.60. The Morgan fingerprint density at radius 1 is 1.00 bits per heavy atom. The maximum absolute atomic E-state index is 5.33. The summed E-state index contributed by atoms with van der Waals surface area (Å²) < 4.78 is 9.40. The van der Waals surface area contributed by atoms with E-state index < -0.39 is 0 Å². The summed E-state index contributed by atoms with van der Waals surface area (Å²) in [7, 11) is 1.67. The first-order valence-corrected chi connectivity index (χ1v) is 11.7. The minimum absolute atomic E-state index is 0.356. The number of nitrogens with zero attached hydrogens (tertiary/aromatic N) is 6. The van der Waals surface area contributed by atoms with Crippen LogP contribution in [0.2, 0.25) is 0 Å². The topological polar surface area (TPSA) is 70.1 Å². The van der Waals surface area contributed by atoms with E-state index in [0.717, 1.165) is 33.7 Å². The second-order valence-corrected chi connectivity index (χ2v) is 8.87. The number of para-hydroxylation sites is 1. The Morgan fingerprint density at radius 3 is 2.58 bits per heavy atom. The predicted molar refractivity (Wildman–Crippen MR) is 130 cm³/mol. The third kappa shape index (κ3) is 4.21. The monoisotopic (exact) mass is 456 g/mol. The molecule has 0 radical (unpaired) electrons. The van der Waals surface area contributed by atoms with Gasteiger partial charge in [-0.2, -0.15) is 0 Å². The van der Waals surface area contributed by atoms with E-state index in [2.05, 4.69) is 62.8 Å². The van der Waals surface area contributed by atoms with Gasteiger partial charge in [0.25, 0.3) is 0 Å². The number of benzene rings is 2. The highest BCUT2D eigenvalue weighted by molar-refractivity contribution is 7.98. The SMILES string of the molecule is COc1ccc(-c2nnc(SCc3cn4cccnc4n3)n2-c2ccccc2C(C)C)cc1. The minimum atomic E-state index is 0.356. The highest BCUT2D eigenvalue weighted by Gasteiger charge is 2.20. The highest BCUT2D eigenvalue weighted by atomic mass is 32.2. The van der Waals surface area contributed by atoms with Gasteiger partial charge in [0.2, 0.25) is 5.78 Å². The fourth-order valence-electron chi connectivity index (χ4n) is 3.77. The van der Waals surface area contributed by atoms with Crippen LogP contribution >= 0.6 is 11.8 Å². The van der Waals surface area contributed by atoms with Crippen LogP contribution in [0.4, 0.5) is 0 Å². The molecule has 7 nitrogen and oxygen atoms in total. The third-order valence-electron chi connectivity index (χ3n) is 5.42. The van der Waals surface area contributed by atoms with Crippen LogP contribution in [0.3, 0.4) is 0 Å². The summed E-state index contributed by atoms with van der Waals surface area (Å²) in [4.78, 5) is 8.93. The van der Waals surface area contributed by atoms with Crippen LogP contribution in [-0.2, 0) is 5.75 Å². The lowest BCUT2D eigenvalue weighted by molar-refractivity contribution is 0.415. The van der Waals surface area contributed by atoms with Gasteiger partial charge in [-0.1, -0.05) is 43.8 Å². The molecule has 0 amide bonds. The van der Waals surface area contributed by atoms with E-state index in [1.807, 2.05) is 47.1 Å². The van der Waals surface area contributed by atoms with Crippen LogP contribution < -0.4 is 4.74 Å². The fraction of sp³-hybridized carbons (Fsp3) is 0.200. The van der Waals surface area contributed by atoms with Crippen LogP contribution in [0.1, 0.15) is 31.0 Å². The summed E-state index contributed by atoms with van der Waals surface area (Å²) in [5.41, 5.74) is 4.25. The van der Waals surface area contributed by atoms with E-state index >= 15 is 0 Å². The normalized spacial score (nSPS) is 11.4. The Bertz CT molecular complexity index is 1360. The first kappa shape index (κ1) is 21.2. The lowest BCUT2D eigenvalue weighted by Gasteiger charge is -2.17. The summed E-state index contributed by atoms with van der Waals surface area (Å²) >= 11 is 1.61. The largest absolute Gasteiger partial charge is 0.497 e. The lowest BCUT2D eigenvalue weighted by Crippen LogP contribution is -2.05. The molecule has 5 aromatic rings. The molecule has 5 rings (SSSR count). The summed E-state index contributed by atoms with van der Waals surface area (Å²) in [5, 5.41) is 9.98. The van der Waals surface area contributed by atoms with Gasteiger partial charge in [0, 0.05) is 29.9 Å². The molecular weight excluding hydrogens is 432 g/mol. The molecule has 3 aromatic heterocycles. The Balaban J connectivity index is 1.56.